The van der Waals surface area contributed by atoms with Gasteiger partial charge in [0.25, 0.3) is 0 Å². The Hall–Kier alpha value is -2.60. The molecule has 0 spiro atoms. The molecule has 0 saturated carbocycles. The normalized spacial score (nSPS) is 15.6. The lowest BCUT2D eigenvalue weighted by molar-refractivity contribution is 0.0863. The summed E-state index contributed by atoms with van der Waals surface area (Å²) in [5.41, 5.74) is 6.43. The highest BCUT2D eigenvalue weighted by atomic mass is 16.6. The second-order valence-electron chi connectivity index (χ2n) is 5.82. The molecule has 1 atom stereocenters. The van der Waals surface area contributed by atoms with E-state index in [1.807, 2.05) is 42.5 Å². The molecule has 0 amide bonds. The Morgan fingerprint density at radius 1 is 1.24 bits per heavy atom. The third-order valence-corrected chi connectivity index (χ3v) is 3.87. The van der Waals surface area contributed by atoms with Gasteiger partial charge in [-0.25, -0.2) is 0 Å². The number of para-hydroxylation sites is 1. The third-order valence-electron chi connectivity index (χ3n) is 3.87. The molecule has 2 aromatic carbocycles. The summed E-state index contributed by atoms with van der Waals surface area (Å²) in [6.45, 7) is 2.69. The minimum absolute atomic E-state index is 0.0429. The van der Waals surface area contributed by atoms with Crippen molar-refractivity contribution in [3.8, 4) is 23.0 Å². The lowest BCUT2D eigenvalue weighted by Crippen LogP contribution is -2.39. The molecule has 3 N–H and O–H groups in total. The third kappa shape index (κ3) is 4.70. The Labute approximate surface area is 147 Å². The van der Waals surface area contributed by atoms with Gasteiger partial charge in [-0.3, -0.25) is 0 Å². The number of nitrogen functional groups attached to an aromatic ring is 1. The molecule has 0 aliphatic carbocycles. The maximum absolute atomic E-state index is 5.99. The number of hydrogen-bond donors (Lipinski definition) is 2. The van der Waals surface area contributed by atoms with Crippen molar-refractivity contribution in [2.75, 3.05) is 39.1 Å². The van der Waals surface area contributed by atoms with Gasteiger partial charge in [-0.2, -0.15) is 0 Å². The maximum Gasteiger partial charge on any atom is 0.204 e. The van der Waals surface area contributed by atoms with E-state index < -0.39 is 0 Å². The molecule has 0 aromatic heterocycles. The molecule has 6 nitrogen and oxygen atoms in total. The van der Waals surface area contributed by atoms with Crippen molar-refractivity contribution in [1.29, 1.82) is 0 Å². The van der Waals surface area contributed by atoms with Crippen LogP contribution in [0.25, 0.3) is 0 Å². The number of anilines is 1. The van der Waals surface area contributed by atoms with Crippen molar-refractivity contribution in [3.63, 3.8) is 0 Å². The molecular weight excluding hydrogens is 320 g/mol. The van der Waals surface area contributed by atoms with Gasteiger partial charge >= 0.3 is 0 Å². The van der Waals surface area contributed by atoms with Crippen LogP contribution in [0.4, 0.5) is 5.69 Å². The first-order valence-electron chi connectivity index (χ1n) is 8.42. The number of ether oxygens (including phenoxy) is 4. The Kier molecular flexibility index (Phi) is 5.85. The SMILES string of the molecule is COc1cccc2c1OC(CNCCCOc1cccc(N)c1)CO2. The minimum Gasteiger partial charge on any atom is -0.493 e. The van der Waals surface area contributed by atoms with E-state index in [0.29, 0.717) is 36.9 Å². The minimum atomic E-state index is -0.0429. The first-order valence-corrected chi connectivity index (χ1v) is 8.42. The van der Waals surface area contributed by atoms with Crippen molar-refractivity contribution in [3.05, 3.63) is 42.5 Å². The fraction of sp³-hybridized carbons (Fsp3) is 0.368. The second-order valence-corrected chi connectivity index (χ2v) is 5.82. The van der Waals surface area contributed by atoms with Crippen LogP contribution in [0.3, 0.4) is 0 Å². The average molecular weight is 344 g/mol. The topological polar surface area (TPSA) is 75.0 Å². The van der Waals surface area contributed by atoms with Crippen LogP contribution in [0.5, 0.6) is 23.0 Å². The predicted octanol–water partition coefficient (Wildman–Crippen LogP) is 2.48. The zero-order chi connectivity index (χ0) is 17.5. The van der Waals surface area contributed by atoms with Crippen molar-refractivity contribution >= 4 is 5.69 Å². The largest absolute Gasteiger partial charge is 0.493 e. The summed E-state index contributed by atoms with van der Waals surface area (Å²) in [5.74, 6) is 2.89. The molecule has 1 aliphatic heterocycles. The summed E-state index contributed by atoms with van der Waals surface area (Å²) in [4.78, 5) is 0. The van der Waals surface area contributed by atoms with E-state index >= 15 is 0 Å². The fourth-order valence-corrected chi connectivity index (χ4v) is 2.62. The van der Waals surface area contributed by atoms with Gasteiger partial charge in [0.2, 0.25) is 5.75 Å². The van der Waals surface area contributed by atoms with Gasteiger partial charge in [0.05, 0.1) is 13.7 Å². The van der Waals surface area contributed by atoms with Crippen LogP contribution in [0.1, 0.15) is 6.42 Å². The van der Waals surface area contributed by atoms with Crippen LogP contribution >= 0.6 is 0 Å². The van der Waals surface area contributed by atoms with Gasteiger partial charge in [-0.1, -0.05) is 12.1 Å². The molecule has 2 aromatic rings. The number of nitrogens with two attached hydrogens (primary N) is 1. The van der Waals surface area contributed by atoms with Crippen LogP contribution in [0, 0.1) is 0 Å². The summed E-state index contributed by atoms with van der Waals surface area (Å²) in [5, 5.41) is 3.37. The number of fused-ring (bicyclic) bond motifs is 1. The van der Waals surface area contributed by atoms with E-state index in [9.17, 15) is 0 Å². The lowest BCUT2D eigenvalue weighted by Gasteiger charge is -2.27. The Bertz CT molecular complexity index is 679. The van der Waals surface area contributed by atoms with Gasteiger partial charge in [-0.05, 0) is 37.2 Å². The predicted molar refractivity (Wildman–Crippen MR) is 96.7 cm³/mol. The van der Waals surface area contributed by atoms with Gasteiger partial charge in [0.15, 0.2) is 11.5 Å². The molecule has 134 valence electrons. The molecule has 6 heteroatoms. The molecule has 0 fully saturated rings. The number of methoxy groups -OCH3 is 1. The highest BCUT2D eigenvalue weighted by molar-refractivity contribution is 5.52. The molecule has 0 radical (unpaired) electrons. The van der Waals surface area contributed by atoms with Crippen LogP contribution in [0.2, 0.25) is 0 Å². The molecular formula is C19H24N2O4. The molecule has 1 aliphatic rings. The summed E-state index contributed by atoms with van der Waals surface area (Å²) in [6, 6.07) is 13.1. The van der Waals surface area contributed by atoms with Crippen molar-refractivity contribution in [2.24, 2.45) is 0 Å². The number of hydrogen-bond acceptors (Lipinski definition) is 6. The van der Waals surface area contributed by atoms with Crippen molar-refractivity contribution in [2.45, 2.75) is 12.5 Å². The molecule has 1 unspecified atom stereocenters. The molecule has 25 heavy (non-hydrogen) atoms. The van der Waals surface area contributed by atoms with E-state index in [2.05, 4.69) is 5.32 Å². The van der Waals surface area contributed by atoms with E-state index in [-0.39, 0.29) is 6.10 Å². The first kappa shape index (κ1) is 17.2. The summed E-state index contributed by atoms with van der Waals surface area (Å²) in [6.07, 6.45) is 0.848. The van der Waals surface area contributed by atoms with Crippen molar-refractivity contribution in [1.82, 2.24) is 5.32 Å². The van der Waals surface area contributed by atoms with E-state index in [4.69, 9.17) is 24.7 Å². The zero-order valence-electron chi connectivity index (χ0n) is 14.4. The fourth-order valence-electron chi connectivity index (χ4n) is 2.62. The van der Waals surface area contributed by atoms with Gasteiger partial charge in [0.1, 0.15) is 18.5 Å². The number of benzene rings is 2. The first-order chi connectivity index (χ1) is 12.3. The zero-order valence-corrected chi connectivity index (χ0v) is 14.4. The Morgan fingerprint density at radius 2 is 2.12 bits per heavy atom. The van der Waals surface area contributed by atoms with E-state index in [1.54, 1.807) is 7.11 Å². The average Bonchev–Trinajstić information content (AvgIpc) is 2.64. The monoisotopic (exact) mass is 344 g/mol. The maximum atomic E-state index is 5.99. The second kappa shape index (κ2) is 8.48. The van der Waals surface area contributed by atoms with Crippen molar-refractivity contribution < 1.29 is 18.9 Å². The lowest BCUT2D eigenvalue weighted by atomic mass is 10.2. The van der Waals surface area contributed by atoms with Crippen LogP contribution in [-0.4, -0.2) is 39.5 Å². The molecule has 0 bridgehead atoms. The van der Waals surface area contributed by atoms with Crippen LogP contribution in [-0.2, 0) is 0 Å². The molecule has 3 rings (SSSR count). The van der Waals surface area contributed by atoms with Crippen LogP contribution in [0.15, 0.2) is 42.5 Å². The van der Waals surface area contributed by atoms with E-state index in [1.165, 1.54) is 0 Å². The summed E-state index contributed by atoms with van der Waals surface area (Å²) >= 11 is 0. The quantitative estimate of drug-likeness (QED) is 0.566. The highest BCUT2D eigenvalue weighted by Crippen LogP contribution is 2.39. The summed E-state index contributed by atoms with van der Waals surface area (Å²) in [7, 11) is 1.63. The molecule has 1 heterocycles. The highest BCUT2D eigenvalue weighted by Gasteiger charge is 2.23. The van der Waals surface area contributed by atoms with Crippen LogP contribution < -0.4 is 30.0 Å². The van der Waals surface area contributed by atoms with Gasteiger partial charge < -0.3 is 30.0 Å². The standard InChI is InChI=1S/C19H24N2O4/c1-22-17-7-3-8-18-19(17)25-16(13-24-18)12-21-9-4-10-23-15-6-2-5-14(20)11-15/h2-3,5-8,11,16,21H,4,9-10,12-13,20H2,1H3. The van der Waals surface area contributed by atoms with Gasteiger partial charge in [-0.15, -0.1) is 0 Å². The Morgan fingerprint density at radius 3 is 2.96 bits per heavy atom. The number of nitrogens with one attached hydrogen (secondary N) is 1. The van der Waals surface area contributed by atoms with E-state index in [0.717, 1.165) is 24.5 Å². The van der Waals surface area contributed by atoms with Gasteiger partial charge in [0, 0.05) is 18.3 Å². The summed E-state index contributed by atoms with van der Waals surface area (Å²) < 4.78 is 22.7. The number of rotatable bonds is 8. The smallest absolute Gasteiger partial charge is 0.204 e. The molecule has 0 saturated heterocycles. The Balaban J connectivity index is 1.36.